The zero-order chi connectivity index (χ0) is 25.7. The van der Waals surface area contributed by atoms with Gasteiger partial charge in [-0.05, 0) is 30.9 Å². The molecule has 1 amide bonds. The van der Waals surface area contributed by atoms with Gasteiger partial charge < -0.3 is 19.1 Å². The van der Waals surface area contributed by atoms with Crippen LogP contribution in [0.25, 0.3) is 11.3 Å². The highest BCUT2D eigenvalue weighted by atomic mass is 35.5. The molecule has 2 atom stereocenters. The molecule has 9 nitrogen and oxygen atoms in total. The van der Waals surface area contributed by atoms with Crippen molar-refractivity contribution in [1.82, 2.24) is 5.16 Å². The second-order valence-corrected chi connectivity index (χ2v) is 8.96. The van der Waals surface area contributed by atoms with E-state index in [2.05, 4.69) is 10.5 Å². The maximum absolute atomic E-state index is 12.6. The highest BCUT2D eigenvalue weighted by molar-refractivity contribution is 6.31. The first-order valence-corrected chi connectivity index (χ1v) is 11.8. The summed E-state index contributed by atoms with van der Waals surface area (Å²) < 4.78 is 16.1. The van der Waals surface area contributed by atoms with E-state index in [1.54, 1.807) is 55.5 Å². The standard InChI is InChI=1S/C26H24ClN3O6/c1-15(19-4-2-3-5-20(19)27)35-26(33)29-24-22(13-28)36-30-23(24)18-10-8-17(9-11-18)14-34-21(25(31)32)12-16-6-7-16/h2-5,8-11,15-16,21H,6-7,12,14H2,1H3,(H,29,33)(H,31,32). The van der Waals surface area contributed by atoms with Crippen LogP contribution in [-0.2, 0) is 20.9 Å². The van der Waals surface area contributed by atoms with Gasteiger partial charge in [-0.15, -0.1) is 0 Å². The Balaban J connectivity index is 1.43. The number of carbonyl (C=O) groups excluding carboxylic acids is 1. The van der Waals surface area contributed by atoms with Gasteiger partial charge in [0.25, 0.3) is 5.76 Å². The number of nitriles is 1. The van der Waals surface area contributed by atoms with E-state index in [4.69, 9.17) is 25.6 Å². The van der Waals surface area contributed by atoms with Gasteiger partial charge in [0, 0.05) is 16.1 Å². The van der Waals surface area contributed by atoms with E-state index in [1.807, 2.05) is 6.07 Å². The van der Waals surface area contributed by atoms with E-state index < -0.39 is 24.3 Å². The third-order valence-corrected chi connectivity index (χ3v) is 6.19. The molecule has 1 aromatic heterocycles. The van der Waals surface area contributed by atoms with Gasteiger partial charge in [-0.25, -0.2) is 9.59 Å². The number of aromatic nitrogens is 1. The number of hydrogen-bond donors (Lipinski definition) is 2. The molecule has 1 aliphatic carbocycles. The molecule has 2 unspecified atom stereocenters. The number of carbonyl (C=O) groups is 2. The Kier molecular flexibility index (Phi) is 7.88. The highest BCUT2D eigenvalue weighted by Crippen LogP contribution is 2.35. The SMILES string of the molecule is CC(OC(=O)Nc1c(-c2ccc(COC(CC3CC3)C(=O)O)cc2)noc1C#N)c1ccccc1Cl. The fourth-order valence-corrected chi connectivity index (χ4v) is 3.98. The summed E-state index contributed by atoms with van der Waals surface area (Å²) >= 11 is 6.17. The third-order valence-electron chi connectivity index (χ3n) is 5.85. The number of aliphatic carboxylic acids is 1. The first-order chi connectivity index (χ1) is 17.4. The number of anilines is 1. The Bertz CT molecular complexity index is 1280. The normalized spacial score (nSPS) is 14.5. The Morgan fingerprint density at radius 3 is 2.61 bits per heavy atom. The maximum atomic E-state index is 12.6. The Morgan fingerprint density at radius 1 is 1.25 bits per heavy atom. The van der Waals surface area contributed by atoms with E-state index in [0.29, 0.717) is 28.5 Å². The number of benzene rings is 2. The predicted octanol–water partition coefficient (Wildman–Crippen LogP) is 5.95. The zero-order valence-electron chi connectivity index (χ0n) is 19.4. The number of carboxylic acid groups (broad SMARTS) is 1. The van der Waals surface area contributed by atoms with Crippen LogP contribution >= 0.6 is 11.6 Å². The van der Waals surface area contributed by atoms with E-state index in [1.165, 1.54) is 0 Å². The van der Waals surface area contributed by atoms with Gasteiger partial charge >= 0.3 is 12.1 Å². The number of nitrogens with one attached hydrogen (secondary N) is 1. The smallest absolute Gasteiger partial charge is 0.412 e. The van der Waals surface area contributed by atoms with Crippen molar-refractivity contribution in [2.75, 3.05) is 5.32 Å². The van der Waals surface area contributed by atoms with Crippen LogP contribution in [0.1, 0.15) is 49.2 Å². The maximum Gasteiger partial charge on any atom is 0.412 e. The van der Waals surface area contributed by atoms with Crippen LogP contribution in [0.3, 0.4) is 0 Å². The molecule has 0 spiro atoms. The number of amides is 1. The second kappa shape index (κ2) is 11.2. The van der Waals surface area contributed by atoms with Crippen molar-refractivity contribution in [2.45, 2.75) is 45.0 Å². The highest BCUT2D eigenvalue weighted by Gasteiger charge is 2.30. The fraction of sp³-hybridized carbons (Fsp3) is 0.308. The van der Waals surface area contributed by atoms with Gasteiger partial charge in [-0.1, -0.05) is 72.1 Å². The first kappa shape index (κ1) is 25.2. The van der Waals surface area contributed by atoms with Crippen LogP contribution in [0.4, 0.5) is 10.5 Å². The summed E-state index contributed by atoms with van der Waals surface area (Å²) in [5.41, 5.74) is 2.31. The minimum Gasteiger partial charge on any atom is -0.479 e. The molecule has 186 valence electrons. The van der Waals surface area contributed by atoms with Crippen LogP contribution in [0.15, 0.2) is 53.1 Å². The molecule has 10 heteroatoms. The summed E-state index contributed by atoms with van der Waals surface area (Å²) in [5.74, 6) is -0.707. The molecule has 1 fully saturated rings. The van der Waals surface area contributed by atoms with Crippen LogP contribution in [0.2, 0.25) is 5.02 Å². The lowest BCUT2D eigenvalue weighted by molar-refractivity contribution is -0.152. The summed E-state index contributed by atoms with van der Waals surface area (Å²) in [6, 6.07) is 15.8. The number of nitrogens with zero attached hydrogens (tertiary/aromatic N) is 2. The average Bonchev–Trinajstić information content (AvgIpc) is 3.60. The molecule has 1 aliphatic rings. The van der Waals surface area contributed by atoms with Crippen LogP contribution < -0.4 is 5.32 Å². The monoisotopic (exact) mass is 509 g/mol. The summed E-state index contributed by atoms with van der Waals surface area (Å²) in [4.78, 5) is 24.0. The number of carboxylic acids is 1. The zero-order valence-corrected chi connectivity index (χ0v) is 20.2. The van der Waals surface area contributed by atoms with Crippen molar-refractivity contribution in [3.63, 3.8) is 0 Å². The molecular formula is C26H24ClN3O6. The predicted molar refractivity (Wildman–Crippen MR) is 130 cm³/mol. The van der Waals surface area contributed by atoms with E-state index in [0.717, 1.165) is 18.4 Å². The molecule has 0 radical (unpaired) electrons. The summed E-state index contributed by atoms with van der Waals surface area (Å²) in [5, 5.41) is 25.7. The largest absolute Gasteiger partial charge is 0.479 e. The van der Waals surface area contributed by atoms with Crippen LogP contribution in [0.5, 0.6) is 0 Å². The van der Waals surface area contributed by atoms with Crippen molar-refractivity contribution in [3.05, 3.63) is 70.4 Å². The molecule has 2 N–H and O–H groups in total. The van der Waals surface area contributed by atoms with Crippen molar-refractivity contribution >= 4 is 29.4 Å². The van der Waals surface area contributed by atoms with Crippen molar-refractivity contribution in [1.29, 1.82) is 5.26 Å². The van der Waals surface area contributed by atoms with Gasteiger partial charge in [0.1, 0.15) is 23.6 Å². The lowest BCUT2D eigenvalue weighted by Crippen LogP contribution is -2.24. The van der Waals surface area contributed by atoms with Gasteiger partial charge in [0.15, 0.2) is 6.10 Å². The van der Waals surface area contributed by atoms with Crippen molar-refractivity contribution < 1.29 is 28.7 Å². The third kappa shape index (κ3) is 6.22. The molecule has 2 aromatic carbocycles. The Morgan fingerprint density at radius 2 is 1.97 bits per heavy atom. The van der Waals surface area contributed by atoms with Crippen molar-refractivity contribution in [3.8, 4) is 17.3 Å². The lowest BCUT2D eigenvalue weighted by atomic mass is 10.1. The summed E-state index contributed by atoms with van der Waals surface area (Å²) in [6.45, 7) is 1.82. The van der Waals surface area contributed by atoms with E-state index in [-0.39, 0.29) is 23.7 Å². The molecule has 0 saturated heterocycles. The van der Waals surface area contributed by atoms with Gasteiger partial charge in [0.2, 0.25) is 0 Å². The van der Waals surface area contributed by atoms with E-state index >= 15 is 0 Å². The minimum absolute atomic E-state index is 0.0771. The number of hydrogen-bond acceptors (Lipinski definition) is 7. The number of rotatable bonds is 10. The van der Waals surface area contributed by atoms with Crippen LogP contribution in [-0.4, -0.2) is 28.4 Å². The molecule has 1 saturated carbocycles. The Hall–Kier alpha value is -3.87. The summed E-state index contributed by atoms with van der Waals surface area (Å²) in [7, 11) is 0. The molecule has 3 aromatic rings. The Labute approximate surface area is 212 Å². The molecule has 0 aliphatic heterocycles. The lowest BCUT2D eigenvalue weighted by Gasteiger charge is -2.15. The average molecular weight is 510 g/mol. The van der Waals surface area contributed by atoms with Gasteiger partial charge in [-0.3, -0.25) is 5.32 Å². The molecule has 0 bridgehead atoms. The van der Waals surface area contributed by atoms with Gasteiger partial charge in [0.05, 0.1) is 6.61 Å². The fourth-order valence-electron chi connectivity index (χ4n) is 3.69. The number of ether oxygens (including phenoxy) is 2. The first-order valence-electron chi connectivity index (χ1n) is 11.4. The minimum atomic E-state index is -0.961. The molecule has 4 rings (SSSR count). The van der Waals surface area contributed by atoms with Crippen molar-refractivity contribution in [2.24, 2.45) is 5.92 Å². The molecular weight excluding hydrogens is 486 g/mol. The molecule has 1 heterocycles. The van der Waals surface area contributed by atoms with Gasteiger partial charge in [-0.2, -0.15) is 5.26 Å². The van der Waals surface area contributed by atoms with E-state index in [9.17, 15) is 20.0 Å². The van der Waals surface area contributed by atoms with Crippen LogP contribution in [0, 0.1) is 17.2 Å². The quantitative estimate of drug-likeness (QED) is 0.342. The topological polar surface area (TPSA) is 135 Å². The molecule has 36 heavy (non-hydrogen) atoms. The second-order valence-electron chi connectivity index (χ2n) is 8.56. The summed E-state index contributed by atoms with van der Waals surface area (Å²) in [6.07, 6.45) is 0.342. The number of halogens is 1.